The molecule has 0 saturated carbocycles. The molecule has 0 fully saturated rings. The number of unbranched alkanes of at least 4 members (excludes halogenated alkanes) is 1. The zero-order valence-electron chi connectivity index (χ0n) is 9.43. The number of hydrogen-bond acceptors (Lipinski definition) is 5. The van der Waals surface area contributed by atoms with E-state index >= 15 is 0 Å². The summed E-state index contributed by atoms with van der Waals surface area (Å²) in [6.07, 6.45) is 1.23. The molecule has 1 N–H and O–H groups in total. The Morgan fingerprint density at radius 3 is 2.40 bits per heavy atom. The molecule has 90 valence electrons. The first-order chi connectivity index (χ1) is 6.93. The summed E-state index contributed by atoms with van der Waals surface area (Å²) in [6.45, 7) is 3.36. The van der Waals surface area contributed by atoms with Crippen LogP contribution in [-0.2, 0) is 18.8 Å². The second kappa shape index (κ2) is 6.99. The van der Waals surface area contributed by atoms with Gasteiger partial charge in [0.2, 0.25) is 5.85 Å². The molecular weight excluding hydrogens is 219 g/mol. The molecule has 0 aliphatic rings. The molecule has 0 aromatic carbocycles. The third-order valence-electron chi connectivity index (χ3n) is 1.80. The van der Waals surface area contributed by atoms with Gasteiger partial charge in [0.15, 0.2) is 0 Å². The van der Waals surface area contributed by atoms with E-state index in [1.165, 1.54) is 20.4 Å². The lowest BCUT2D eigenvalue weighted by molar-refractivity contribution is -0.148. The van der Waals surface area contributed by atoms with Gasteiger partial charge in [-0.2, -0.15) is 0 Å². The third-order valence-corrected chi connectivity index (χ3v) is 3.29. The summed E-state index contributed by atoms with van der Waals surface area (Å²) in [5.41, 5.74) is 0. The molecule has 1 atom stereocenters. The Hall–Kier alpha value is -0.380. The zero-order valence-corrected chi connectivity index (χ0v) is 10.3. The minimum atomic E-state index is -2.66. The van der Waals surface area contributed by atoms with Crippen molar-refractivity contribution in [3.8, 4) is 0 Å². The van der Waals surface area contributed by atoms with Crippen LogP contribution >= 0.6 is 7.14 Å². The lowest BCUT2D eigenvalue weighted by Crippen LogP contribution is -2.25. The molecule has 15 heavy (non-hydrogen) atoms. The molecule has 0 amide bonds. The van der Waals surface area contributed by atoms with Crippen LogP contribution in [0.15, 0.2) is 0 Å². The van der Waals surface area contributed by atoms with E-state index in [1.54, 1.807) is 0 Å². The number of hydrogen-bond donors (Lipinski definition) is 1. The summed E-state index contributed by atoms with van der Waals surface area (Å²) < 4.78 is 21.4. The minimum absolute atomic E-state index is 0.0855. The van der Waals surface area contributed by atoms with Gasteiger partial charge in [-0.25, -0.2) is 4.79 Å². The molecule has 0 aromatic heterocycles. The predicted octanol–water partition coefficient (Wildman–Crippen LogP) is 0.897. The van der Waals surface area contributed by atoms with Crippen molar-refractivity contribution in [3.63, 3.8) is 0 Å². The van der Waals surface area contributed by atoms with Crippen molar-refractivity contribution in [2.24, 2.45) is 0 Å². The molecule has 0 saturated heterocycles. The number of ether oxygens (including phenoxy) is 2. The molecule has 0 aliphatic carbocycles. The van der Waals surface area contributed by atoms with Gasteiger partial charge in [-0.05, 0) is 26.2 Å². The Morgan fingerprint density at radius 2 is 2.00 bits per heavy atom. The van der Waals surface area contributed by atoms with Crippen LogP contribution in [0.3, 0.4) is 0 Å². The van der Waals surface area contributed by atoms with Crippen LogP contribution in [0.1, 0.15) is 12.8 Å². The molecular formula is C9H19O5P. The van der Waals surface area contributed by atoms with Crippen LogP contribution in [0.5, 0.6) is 0 Å². The fourth-order valence-electron chi connectivity index (χ4n) is 1.01. The Balaban J connectivity index is 4.16. The van der Waals surface area contributed by atoms with Gasteiger partial charge >= 0.3 is 5.97 Å². The van der Waals surface area contributed by atoms with Gasteiger partial charge in [-0.3, -0.25) is 0 Å². The number of rotatable bonds is 7. The second-order valence-corrected chi connectivity index (χ2v) is 6.95. The Morgan fingerprint density at radius 1 is 1.40 bits per heavy atom. The summed E-state index contributed by atoms with van der Waals surface area (Å²) in [7, 11) is -1.42. The lowest BCUT2D eigenvalue weighted by Gasteiger charge is -2.19. The zero-order chi connectivity index (χ0) is 11.9. The molecule has 0 bridgehead atoms. The summed E-state index contributed by atoms with van der Waals surface area (Å²) in [5.74, 6) is -1.59. The molecule has 0 aliphatic heterocycles. The number of esters is 1. The van der Waals surface area contributed by atoms with Gasteiger partial charge in [0.1, 0.15) is 7.14 Å². The van der Waals surface area contributed by atoms with E-state index in [2.05, 4.69) is 4.74 Å². The third kappa shape index (κ3) is 5.92. The van der Waals surface area contributed by atoms with E-state index in [1.807, 2.05) is 0 Å². The molecule has 0 heterocycles. The molecule has 0 radical (unpaired) electrons. The van der Waals surface area contributed by atoms with Crippen molar-refractivity contribution in [2.45, 2.75) is 18.7 Å². The van der Waals surface area contributed by atoms with Crippen LogP contribution < -0.4 is 0 Å². The maximum absolute atomic E-state index is 11.7. The topological polar surface area (TPSA) is 72.8 Å². The van der Waals surface area contributed by atoms with E-state index in [-0.39, 0.29) is 6.61 Å². The van der Waals surface area contributed by atoms with E-state index in [4.69, 9.17) is 9.84 Å². The molecule has 0 aromatic rings. The van der Waals surface area contributed by atoms with Crippen LogP contribution in [0, 0.1) is 0 Å². The summed E-state index contributed by atoms with van der Waals surface area (Å²) in [5, 5.41) is 8.54. The largest absolute Gasteiger partial charge is 0.467 e. The standard InChI is InChI=1S/C9H19O5P/c1-13-8(11)9(15(2,3)12)14-7-5-4-6-10/h9-10H,4-7H2,1-3H3. The molecule has 0 rings (SSSR count). The molecule has 1 unspecified atom stereocenters. The van der Waals surface area contributed by atoms with Gasteiger partial charge < -0.3 is 19.1 Å². The van der Waals surface area contributed by atoms with Gasteiger partial charge in [-0.1, -0.05) is 0 Å². The molecule has 6 heteroatoms. The van der Waals surface area contributed by atoms with Crippen molar-refractivity contribution in [2.75, 3.05) is 33.7 Å². The summed E-state index contributed by atoms with van der Waals surface area (Å²) >= 11 is 0. The first-order valence-electron chi connectivity index (χ1n) is 4.78. The number of carbonyl (C=O) groups excluding carboxylic acids is 1. The second-order valence-electron chi connectivity index (χ2n) is 3.61. The van der Waals surface area contributed by atoms with Crippen molar-refractivity contribution in [1.82, 2.24) is 0 Å². The highest BCUT2D eigenvalue weighted by Gasteiger charge is 2.32. The Bertz CT molecular complexity index is 235. The van der Waals surface area contributed by atoms with Crippen molar-refractivity contribution >= 4 is 13.1 Å². The van der Waals surface area contributed by atoms with E-state index < -0.39 is 19.0 Å². The SMILES string of the molecule is COC(=O)C(OCCCCO)P(C)(C)=O. The maximum Gasteiger partial charge on any atom is 0.342 e. The number of methoxy groups -OCH3 is 1. The monoisotopic (exact) mass is 238 g/mol. The highest BCUT2D eigenvalue weighted by Crippen LogP contribution is 2.43. The van der Waals surface area contributed by atoms with Crippen molar-refractivity contribution in [1.29, 1.82) is 0 Å². The Kier molecular flexibility index (Phi) is 6.81. The van der Waals surface area contributed by atoms with Crippen LogP contribution in [0.4, 0.5) is 0 Å². The van der Waals surface area contributed by atoms with Crippen molar-refractivity contribution in [3.05, 3.63) is 0 Å². The first kappa shape index (κ1) is 14.6. The summed E-state index contributed by atoms with van der Waals surface area (Å²) in [4.78, 5) is 11.3. The van der Waals surface area contributed by atoms with E-state index in [0.717, 1.165) is 0 Å². The fourth-order valence-corrected chi connectivity index (χ4v) is 2.09. The van der Waals surface area contributed by atoms with E-state index in [0.29, 0.717) is 19.4 Å². The van der Waals surface area contributed by atoms with Gasteiger partial charge in [0.25, 0.3) is 0 Å². The number of carbonyl (C=O) groups is 1. The number of aliphatic hydroxyl groups is 1. The lowest BCUT2D eigenvalue weighted by atomic mass is 10.3. The highest BCUT2D eigenvalue weighted by molar-refractivity contribution is 7.63. The normalized spacial score (nSPS) is 13.6. The predicted molar refractivity (Wildman–Crippen MR) is 57.5 cm³/mol. The van der Waals surface area contributed by atoms with Crippen LogP contribution in [0.2, 0.25) is 0 Å². The number of aliphatic hydroxyl groups excluding tert-OH is 1. The maximum atomic E-state index is 11.7. The smallest absolute Gasteiger partial charge is 0.342 e. The highest BCUT2D eigenvalue weighted by atomic mass is 31.2. The molecule has 5 nitrogen and oxygen atoms in total. The average Bonchev–Trinajstić information content (AvgIpc) is 2.15. The average molecular weight is 238 g/mol. The van der Waals surface area contributed by atoms with Crippen molar-refractivity contribution < 1.29 is 23.9 Å². The van der Waals surface area contributed by atoms with E-state index in [9.17, 15) is 9.36 Å². The fraction of sp³-hybridized carbons (Fsp3) is 0.889. The summed E-state index contributed by atoms with van der Waals surface area (Å²) in [6, 6.07) is 0. The molecule has 0 spiro atoms. The van der Waals surface area contributed by atoms with Gasteiger partial charge in [0, 0.05) is 13.2 Å². The van der Waals surface area contributed by atoms with Crippen LogP contribution in [0.25, 0.3) is 0 Å². The van der Waals surface area contributed by atoms with Crippen LogP contribution in [-0.4, -0.2) is 50.6 Å². The van der Waals surface area contributed by atoms with Gasteiger partial charge in [0.05, 0.1) is 7.11 Å². The first-order valence-corrected chi connectivity index (χ1v) is 7.45. The quantitative estimate of drug-likeness (QED) is 0.405. The minimum Gasteiger partial charge on any atom is -0.467 e. The Labute approximate surface area is 90.1 Å². The van der Waals surface area contributed by atoms with Gasteiger partial charge in [-0.15, -0.1) is 0 Å².